The van der Waals surface area contributed by atoms with Crippen molar-refractivity contribution in [2.75, 3.05) is 0 Å². The second kappa shape index (κ2) is 8.17. The van der Waals surface area contributed by atoms with E-state index in [0.717, 1.165) is 0 Å². The van der Waals surface area contributed by atoms with E-state index in [9.17, 15) is 4.79 Å². The fourth-order valence-electron chi connectivity index (χ4n) is 2.07. The molecule has 7 nitrogen and oxygen atoms in total. The molecule has 1 aromatic heterocycles. The molecular formula is C18H15ClN4O3. The number of rotatable bonds is 6. The fraction of sp³-hybridized carbons (Fsp3) is 0.0556. The summed E-state index contributed by atoms with van der Waals surface area (Å²) in [4.78, 5) is 17.1. The third kappa shape index (κ3) is 4.40. The zero-order valence-electron chi connectivity index (χ0n) is 13.6. The van der Waals surface area contributed by atoms with Crippen LogP contribution in [0.1, 0.15) is 16.1 Å². The lowest BCUT2D eigenvalue weighted by Gasteiger charge is -2.08. The van der Waals surface area contributed by atoms with Gasteiger partial charge in [0.05, 0.1) is 0 Å². The quantitative estimate of drug-likeness (QED) is 0.311. The van der Waals surface area contributed by atoms with Crippen molar-refractivity contribution in [2.45, 2.75) is 6.73 Å². The van der Waals surface area contributed by atoms with E-state index < -0.39 is 5.97 Å². The van der Waals surface area contributed by atoms with Crippen LogP contribution in [0, 0.1) is 0 Å². The van der Waals surface area contributed by atoms with E-state index >= 15 is 0 Å². The molecule has 2 N–H and O–H groups in total. The number of carbonyl (C=O) groups is 1. The highest BCUT2D eigenvalue weighted by atomic mass is 35.5. The second-order valence-corrected chi connectivity index (χ2v) is 5.60. The van der Waals surface area contributed by atoms with E-state index in [-0.39, 0.29) is 18.3 Å². The lowest BCUT2D eigenvalue weighted by molar-refractivity contribution is 0.0492. The molecule has 3 aromatic rings. The molecule has 0 amide bonds. The summed E-state index contributed by atoms with van der Waals surface area (Å²) in [5.41, 5.74) is 6.63. The highest BCUT2D eigenvalue weighted by molar-refractivity contribution is 6.30. The normalized spacial score (nSPS) is 11.2. The predicted molar refractivity (Wildman–Crippen MR) is 96.9 cm³/mol. The number of halogens is 1. The summed E-state index contributed by atoms with van der Waals surface area (Å²) in [7, 11) is 0. The molecule has 26 heavy (non-hydrogen) atoms. The van der Waals surface area contributed by atoms with Crippen LogP contribution in [0.4, 0.5) is 0 Å². The van der Waals surface area contributed by atoms with Gasteiger partial charge >= 0.3 is 5.97 Å². The molecule has 0 aliphatic rings. The van der Waals surface area contributed by atoms with Crippen molar-refractivity contribution >= 4 is 23.4 Å². The number of hydrogen-bond acceptors (Lipinski definition) is 5. The van der Waals surface area contributed by atoms with Gasteiger partial charge in [-0.05, 0) is 30.3 Å². The number of amidine groups is 1. The van der Waals surface area contributed by atoms with Gasteiger partial charge in [-0.25, -0.2) is 9.48 Å². The number of hydrogen-bond donors (Lipinski definition) is 1. The Morgan fingerprint density at radius 2 is 1.85 bits per heavy atom. The van der Waals surface area contributed by atoms with Gasteiger partial charge in [0.2, 0.25) is 0 Å². The molecule has 0 saturated carbocycles. The van der Waals surface area contributed by atoms with Crippen LogP contribution in [0.5, 0.6) is 5.75 Å². The number of nitrogens with two attached hydrogens (primary N) is 1. The third-order valence-electron chi connectivity index (χ3n) is 3.39. The average Bonchev–Trinajstić information content (AvgIpc) is 3.15. The van der Waals surface area contributed by atoms with Gasteiger partial charge in [0.25, 0.3) is 0 Å². The van der Waals surface area contributed by atoms with Crippen LogP contribution in [0.3, 0.4) is 0 Å². The maximum absolute atomic E-state index is 12.2. The second-order valence-electron chi connectivity index (χ2n) is 5.16. The number of carbonyl (C=O) groups excluding carboxylic acids is 1. The van der Waals surface area contributed by atoms with Crippen LogP contribution in [0.2, 0.25) is 5.02 Å². The predicted octanol–water partition coefficient (Wildman–Crippen LogP) is 3.05. The van der Waals surface area contributed by atoms with E-state index in [2.05, 4.69) is 10.3 Å². The van der Waals surface area contributed by atoms with Gasteiger partial charge in [0.1, 0.15) is 5.75 Å². The molecule has 0 bridgehead atoms. The van der Waals surface area contributed by atoms with Gasteiger partial charge in [-0.2, -0.15) is 5.10 Å². The van der Waals surface area contributed by atoms with Crippen LogP contribution in [0.25, 0.3) is 0 Å². The SMILES string of the molecule is N/C(=N\OC(=O)c1ccnn1COc1ccc(Cl)cc1)c1ccccc1. The Morgan fingerprint density at radius 3 is 2.58 bits per heavy atom. The minimum absolute atomic E-state index is 0.0247. The molecule has 0 radical (unpaired) electrons. The van der Waals surface area contributed by atoms with Crippen LogP contribution < -0.4 is 10.5 Å². The molecule has 0 fully saturated rings. The van der Waals surface area contributed by atoms with Crippen molar-refractivity contribution in [1.29, 1.82) is 0 Å². The monoisotopic (exact) mass is 370 g/mol. The summed E-state index contributed by atoms with van der Waals surface area (Å²) in [6.07, 6.45) is 1.46. The first-order valence-electron chi connectivity index (χ1n) is 7.64. The molecule has 8 heteroatoms. The first-order chi connectivity index (χ1) is 12.6. The largest absolute Gasteiger partial charge is 0.471 e. The summed E-state index contributed by atoms with van der Waals surface area (Å²) in [6.45, 7) is 0.0247. The van der Waals surface area contributed by atoms with E-state index in [1.807, 2.05) is 18.2 Å². The average molecular weight is 371 g/mol. The van der Waals surface area contributed by atoms with Crippen molar-refractivity contribution in [2.24, 2.45) is 10.9 Å². The molecule has 132 valence electrons. The molecule has 0 atom stereocenters. The Kier molecular flexibility index (Phi) is 5.50. The Balaban J connectivity index is 1.63. The Hall–Kier alpha value is -3.32. The number of oxime groups is 1. The van der Waals surface area contributed by atoms with Gasteiger partial charge in [-0.3, -0.25) is 0 Å². The van der Waals surface area contributed by atoms with Crippen molar-refractivity contribution in [3.63, 3.8) is 0 Å². The first kappa shape index (κ1) is 17.5. The molecule has 1 heterocycles. The van der Waals surface area contributed by atoms with Crippen molar-refractivity contribution in [3.05, 3.63) is 83.1 Å². The molecule has 3 rings (SSSR count). The first-order valence-corrected chi connectivity index (χ1v) is 8.01. The standard InChI is InChI=1S/C18H15ClN4O3/c19-14-6-8-15(9-7-14)25-12-23-16(10-11-21-23)18(24)26-22-17(20)13-4-2-1-3-5-13/h1-11H,12H2,(H2,20,22). The maximum Gasteiger partial charge on any atom is 0.383 e. The zero-order valence-corrected chi connectivity index (χ0v) is 14.3. The van der Waals surface area contributed by atoms with Crippen LogP contribution in [-0.2, 0) is 11.6 Å². The third-order valence-corrected chi connectivity index (χ3v) is 3.64. The van der Waals surface area contributed by atoms with E-state index in [4.69, 9.17) is 26.9 Å². The van der Waals surface area contributed by atoms with Gasteiger partial charge < -0.3 is 15.3 Å². The van der Waals surface area contributed by atoms with Gasteiger partial charge in [0, 0.05) is 16.8 Å². The number of aromatic nitrogens is 2. The maximum atomic E-state index is 12.2. The minimum Gasteiger partial charge on any atom is -0.471 e. The summed E-state index contributed by atoms with van der Waals surface area (Å²) >= 11 is 5.83. The summed E-state index contributed by atoms with van der Waals surface area (Å²) < 4.78 is 6.92. The van der Waals surface area contributed by atoms with Crippen LogP contribution in [-0.4, -0.2) is 21.6 Å². The number of nitrogens with zero attached hydrogens (tertiary/aromatic N) is 3. The number of ether oxygens (including phenoxy) is 1. The Labute approximate surface area is 154 Å². The van der Waals surface area contributed by atoms with Crippen molar-refractivity contribution in [1.82, 2.24) is 9.78 Å². The van der Waals surface area contributed by atoms with Gasteiger partial charge in [-0.15, -0.1) is 0 Å². The van der Waals surface area contributed by atoms with E-state index in [0.29, 0.717) is 16.3 Å². The molecule has 0 spiro atoms. The topological polar surface area (TPSA) is 91.7 Å². The fourth-order valence-corrected chi connectivity index (χ4v) is 2.20. The number of benzene rings is 2. The highest BCUT2D eigenvalue weighted by Gasteiger charge is 2.15. The summed E-state index contributed by atoms with van der Waals surface area (Å²) in [5.74, 6) is -0.000855. The van der Waals surface area contributed by atoms with Crippen molar-refractivity contribution in [3.8, 4) is 5.75 Å². The molecule has 0 unspecified atom stereocenters. The molecule has 0 aliphatic carbocycles. The summed E-state index contributed by atoms with van der Waals surface area (Å²) in [6, 6.07) is 17.3. The molecule has 0 saturated heterocycles. The Bertz CT molecular complexity index is 908. The van der Waals surface area contributed by atoms with Crippen LogP contribution >= 0.6 is 11.6 Å². The lowest BCUT2D eigenvalue weighted by atomic mass is 10.2. The van der Waals surface area contributed by atoms with Gasteiger partial charge in [-0.1, -0.05) is 47.1 Å². The van der Waals surface area contributed by atoms with E-state index in [1.165, 1.54) is 16.9 Å². The van der Waals surface area contributed by atoms with Crippen LogP contribution in [0.15, 0.2) is 72.0 Å². The van der Waals surface area contributed by atoms with Gasteiger partial charge in [0.15, 0.2) is 18.3 Å². The highest BCUT2D eigenvalue weighted by Crippen LogP contribution is 2.16. The van der Waals surface area contributed by atoms with E-state index in [1.54, 1.807) is 36.4 Å². The van der Waals surface area contributed by atoms with Crippen molar-refractivity contribution < 1.29 is 14.4 Å². The molecule has 0 aliphatic heterocycles. The minimum atomic E-state index is -0.693. The lowest BCUT2D eigenvalue weighted by Crippen LogP contribution is -2.18. The zero-order chi connectivity index (χ0) is 18.4. The molecule has 2 aromatic carbocycles. The smallest absolute Gasteiger partial charge is 0.383 e. The molecular weight excluding hydrogens is 356 g/mol. The summed E-state index contributed by atoms with van der Waals surface area (Å²) in [5, 5.41) is 8.31. The Morgan fingerprint density at radius 1 is 1.12 bits per heavy atom.